The number of hydrogen-bond donors (Lipinski definition) is 0. The Hall–Kier alpha value is 0.520. The van der Waals surface area contributed by atoms with Gasteiger partial charge in [-0.1, -0.05) is 32.4 Å². The molecule has 0 amide bonds. The monoisotopic (exact) mass is 121 g/mol. The maximum absolute atomic E-state index is 5.00. The van der Waals surface area contributed by atoms with E-state index in [0.29, 0.717) is 0 Å². The molecule has 1 radical (unpaired) electrons. The summed E-state index contributed by atoms with van der Waals surface area (Å²) in [5.74, 6) is 0. The smallest absolute Gasteiger partial charge is 0.0109 e. The molecule has 0 rings (SSSR count). The Morgan fingerprint density at radius 3 is 1.67 bits per heavy atom. The van der Waals surface area contributed by atoms with E-state index in [4.69, 9.17) is 11.8 Å². The minimum absolute atomic E-state index is 0.00720. The predicted octanol–water partition coefficient (Wildman–Crippen LogP) is 1.97. The van der Waals surface area contributed by atoms with E-state index in [2.05, 4.69) is 13.8 Å². The van der Waals surface area contributed by atoms with E-state index >= 15 is 0 Å². The van der Waals surface area contributed by atoms with E-state index < -0.39 is 0 Å². The lowest BCUT2D eigenvalue weighted by atomic mass is 11.0. The third-order valence-corrected chi connectivity index (χ3v) is 3.67. The average molecular weight is 121 g/mol. The molecule has 0 fully saturated rings. The van der Waals surface area contributed by atoms with Crippen LogP contribution in [0.3, 0.4) is 0 Å². The highest BCUT2D eigenvalue weighted by molar-refractivity contribution is 8.05. The van der Waals surface area contributed by atoms with Crippen LogP contribution in [0.4, 0.5) is 0 Å². The van der Waals surface area contributed by atoms with E-state index in [1.807, 2.05) is 0 Å². The fourth-order valence-electron chi connectivity index (χ4n) is 0.224. The van der Waals surface area contributed by atoms with E-state index in [0.717, 1.165) is 0 Å². The molecule has 37 valence electrons. The molecule has 0 aromatic carbocycles. The summed E-state index contributed by atoms with van der Waals surface area (Å²) in [6.07, 6.45) is 2.42. The van der Waals surface area contributed by atoms with Crippen LogP contribution in [0.25, 0.3) is 0 Å². The first-order chi connectivity index (χ1) is 2.81. The first-order valence-electron chi connectivity index (χ1n) is 2.23. The van der Waals surface area contributed by atoms with Crippen LogP contribution in [0, 0.1) is 0 Å². The van der Waals surface area contributed by atoms with Crippen LogP contribution in [0.15, 0.2) is 0 Å². The van der Waals surface area contributed by atoms with Crippen LogP contribution in [0.2, 0.25) is 0 Å². The molecule has 0 aliphatic heterocycles. The molecule has 2 heteroatoms. The van der Waals surface area contributed by atoms with Crippen molar-refractivity contribution in [2.24, 2.45) is 0 Å². The van der Waals surface area contributed by atoms with Crippen LogP contribution < -0.4 is 0 Å². The lowest BCUT2D eigenvalue weighted by Gasteiger charge is -1.88. The average Bonchev–Trinajstić information content (AvgIpc) is 1.65. The van der Waals surface area contributed by atoms with E-state index in [-0.39, 0.29) is 6.70 Å². The zero-order valence-corrected chi connectivity index (χ0v) is 5.98. The van der Waals surface area contributed by atoms with Crippen molar-refractivity contribution in [1.82, 2.24) is 0 Å². The lowest BCUT2D eigenvalue weighted by Crippen LogP contribution is -1.66. The second-order valence-electron chi connectivity index (χ2n) is 1.11. The van der Waals surface area contributed by atoms with Crippen LogP contribution in [-0.2, 0) is 11.8 Å². The van der Waals surface area contributed by atoms with Gasteiger partial charge in [0, 0.05) is 0 Å². The largest absolute Gasteiger partial charge is 0.0815 e. The Labute approximate surface area is 45.4 Å². The summed E-state index contributed by atoms with van der Waals surface area (Å²) in [6.45, 7) is 4.32. The third-order valence-electron chi connectivity index (χ3n) is 0.705. The summed E-state index contributed by atoms with van der Waals surface area (Å²) in [6, 6.07) is 0. The highest BCUT2D eigenvalue weighted by Gasteiger charge is 1.79. The minimum atomic E-state index is 0.00720. The highest BCUT2D eigenvalue weighted by Crippen LogP contribution is 2.16. The Bertz CT molecular complexity index is 45.5. The van der Waals surface area contributed by atoms with Crippen molar-refractivity contribution in [1.29, 1.82) is 0 Å². The molecule has 0 heterocycles. The molecular formula is C4H10PS. The van der Waals surface area contributed by atoms with E-state index in [9.17, 15) is 0 Å². The van der Waals surface area contributed by atoms with Gasteiger partial charge in [-0.05, 0) is 12.3 Å². The van der Waals surface area contributed by atoms with Gasteiger partial charge in [-0.2, -0.15) is 0 Å². The SMILES string of the molecule is CC[P](=S)CC. The van der Waals surface area contributed by atoms with Crippen molar-refractivity contribution in [2.45, 2.75) is 13.8 Å². The second kappa shape index (κ2) is 3.70. The van der Waals surface area contributed by atoms with Crippen LogP contribution >= 0.6 is 6.70 Å². The zero-order chi connectivity index (χ0) is 4.99. The number of rotatable bonds is 2. The summed E-state index contributed by atoms with van der Waals surface area (Å²) in [5, 5.41) is 0. The first-order valence-corrected chi connectivity index (χ1v) is 4.95. The van der Waals surface area contributed by atoms with Gasteiger partial charge < -0.3 is 0 Å². The fourth-order valence-corrected chi connectivity index (χ4v) is 0.671. The van der Waals surface area contributed by atoms with Gasteiger partial charge in [0.25, 0.3) is 0 Å². The predicted molar refractivity (Wildman–Crippen MR) is 35.4 cm³/mol. The van der Waals surface area contributed by atoms with Crippen molar-refractivity contribution in [2.75, 3.05) is 12.3 Å². The van der Waals surface area contributed by atoms with Crippen molar-refractivity contribution in [3.63, 3.8) is 0 Å². The quantitative estimate of drug-likeness (QED) is 0.503. The molecule has 0 saturated carbocycles. The van der Waals surface area contributed by atoms with Crippen molar-refractivity contribution in [3.8, 4) is 0 Å². The number of hydrogen-bond acceptors (Lipinski definition) is 1. The normalized spacial score (nSPS) is 8.33. The Morgan fingerprint density at radius 2 is 1.67 bits per heavy atom. The van der Waals surface area contributed by atoms with Gasteiger partial charge in [-0.3, -0.25) is 0 Å². The summed E-state index contributed by atoms with van der Waals surface area (Å²) in [7, 11) is 0. The molecule has 0 saturated heterocycles. The molecule has 0 bridgehead atoms. The molecule has 0 aliphatic carbocycles. The summed E-state index contributed by atoms with van der Waals surface area (Å²) in [4.78, 5) is 0. The maximum Gasteiger partial charge on any atom is -0.0109 e. The van der Waals surface area contributed by atoms with Gasteiger partial charge in [0.1, 0.15) is 0 Å². The zero-order valence-electron chi connectivity index (χ0n) is 4.27. The summed E-state index contributed by atoms with van der Waals surface area (Å²) >= 11 is 5.00. The fraction of sp³-hybridized carbons (Fsp3) is 1.00. The molecule has 0 nitrogen and oxygen atoms in total. The van der Waals surface area contributed by atoms with Crippen LogP contribution in [0.5, 0.6) is 0 Å². The summed E-state index contributed by atoms with van der Waals surface area (Å²) < 4.78 is 0. The maximum atomic E-state index is 5.00. The molecule has 6 heavy (non-hydrogen) atoms. The van der Waals surface area contributed by atoms with Crippen molar-refractivity contribution < 1.29 is 0 Å². The van der Waals surface area contributed by atoms with Crippen molar-refractivity contribution in [3.05, 3.63) is 0 Å². The Morgan fingerprint density at radius 1 is 1.33 bits per heavy atom. The molecule has 0 atom stereocenters. The van der Waals surface area contributed by atoms with E-state index in [1.165, 1.54) is 12.3 Å². The van der Waals surface area contributed by atoms with Gasteiger partial charge in [0.15, 0.2) is 0 Å². The molecule has 0 aromatic rings. The molecule has 0 aromatic heterocycles. The highest BCUT2D eigenvalue weighted by atomic mass is 32.4. The van der Waals surface area contributed by atoms with Crippen LogP contribution in [-0.4, -0.2) is 12.3 Å². The Kier molecular flexibility index (Phi) is 4.02. The lowest BCUT2D eigenvalue weighted by molar-refractivity contribution is 1.44. The van der Waals surface area contributed by atoms with Gasteiger partial charge in [-0.15, -0.1) is 0 Å². The van der Waals surface area contributed by atoms with Crippen molar-refractivity contribution >= 4 is 18.5 Å². The molecule has 0 aliphatic rings. The summed E-state index contributed by atoms with van der Waals surface area (Å²) in [5.41, 5.74) is 0. The topological polar surface area (TPSA) is 0 Å². The van der Waals surface area contributed by atoms with Crippen LogP contribution in [0.1, 0.15) is 13.8 Å². The van der Waals surface area contributed by atoms with Gasteiger partial charge >= 0.3 is 0 Å². The molecule has 0 spiro atoms. The third kappa shape index (κ3) is 2.74. The van der Waals surface area contributed by atoms with E-state index in [1.54, 1.807) is 0 Å². The molecule has 0 N–H and O–H groups in total. The van der Waals surface area contributed by atoms with Gasteiger partial charge in [0.2, 0.25) is 0 Å². The minimum Gasteiger partial charge on any atom is -0.0815 e. The van der Waals surface area contributed by atoms with Gasteiger partial charge in [-0.25, -0.2) is 0 Å². The molecule has 0 unspecified atom stereocenters. The second-order valence-corrected chi connectivity index (χ2v) is 4.89. The molecular weight excluding hydrogens is 111 g/mol. The standard InChI is InChI=1S/C4H10PS/c1-3-5(6)4-2/h3-4H2,1-2H3. The Balaban J connectivity index is 2.99. The first kappa shape index (κ1) is 6.52. The van der Waals surface area contributed by atoms with Gasteiger partial charge in [0.05, 0.1) is 0 Å².